The van der Waals surface area contributed by atoms with Crippen LogP contribution in [0.3, 0.4) is 0 Å². The summed E-state index contributed by atoms with van der Waals surface area (Å²) < 4.78 is 0. The molecule has 0 aromatic heterocycles. The number of carbonyl (C=O) groups excluding carboxylic acids is 1. The first-order valence-corrected chi connectivity index (χ1v) is 7.52. The number of carbonyl (C=O) groups is 1. The summed E-state index contributed by atoms with van der Waals surface area (Å²) in [5, 5.41) is 3.04. The molecule has 0 radical (unpaired) electrons. The maximum Gasteiger partial charge on any atom is 0.251 e. The Kier molecular flexibility index (Phi) is 6.93. The first-order valence-electron chi connectivity index (χ1n) is 6.98. The summed E-state index contributed by atoms with van der Waals surface area (Å²) in [6.07, 6.45) is 3.39. The number of halogens is 1. The molecule has 0 spiro atoms. The van der Waals surface area contributed by atoms with E-state index >= 15 is 0 Å². The van der Waals surface area contributed by atoms with E-state index in [9.17, 15) is 4.79 Å². The zero-order valence-corrected chi connectivity index (χ0v) is 12.8. The minimum Gasteiger partial charge on any atom is -0.350 e. The number of benzene rings is 1. The van der Waals surface area contributed by atoms with Crippen molar-refractivity contribution in [2.45, 2.75) is 52.0 Å². The molecule has 0 bridgehead atoms. The third-order valence-corrected chi connectivity index (χ3v) is 3.45. The topological polar surface area (TPSA) is 29.1 Å². The van der Waals surface area contributed by atoms with Crippen molar-refractivity contribution >= 4 is 17.5 Å². The van der Waals surface area contributed by atoms with E-state index in [1.807, 2.05) is 24.3 Å². The van der Waals surface area contributed by atoms with E-state index in [-0.39, 0.29) is 11.9 Å². The van der Waals surface area contributed by atoms with E-state index in [0.717, 1.165) is 24.3 Å². The Bertz CT molecular complexity index is 403. The van der Waals surface area contributed by atoms with Crippen LogP contribution in [0, 0.1) is 5.92 Å². The predicted molar refractivity (Wildman–Crippen MR) is 81.6 cm³/mol. The fourth-order valence-electron chi connectivity index (χ4n) is 2.01. The molecule has 0 saturated carbocycles. The van der Waals surface area contributed by atoms with E-state index in [2.05, 4.69) is 26.1 Å². The highest BCUT2D eigenvalue weighted by Crippen LogP contribution is 2.10. The molecule has 1 unspecified atom stereocenters. The first-order chi connectivity index (χ1) is 9.02. The molecular formula is C16H24ClNO. The molecule has 1 amide bonds. The van der Waals surface area contributed by atoms with Crippen molar-refractivity contribution in [2.24, 2.45) is 5.92 Å². The van der Waals surface area contributed by atoms with Crippen molar-refractivity contribution in [1.82, 2.24) is 5.32 Å². The van der Waals surface area contributed by atoms with Gasteiger partial charge in [0.15, 0.2) is 0 Å². The molecule has 0 saturated heterocycles. The standard InChI is InChI=1S/C16H24ClNO/c1-12(2)6-4-7-13(3)18-16(19)15-9-5-8-14(10-15)11-17/h5,8-10,12-13H,4,6-7,11H2,1-3H3,(H,18,19). The Balaban J connectivity index is 2.45. The molecule has 19 heavy (non-hydrogen) atoms. The summed E-state index contributed by atoms with van der Waals surface area (Å²) >= 11 is 5.78. The van der Waals surface area contributed by atoms with Crippen LogP contribution < -0.4 is 5.32 Å². The van der Waals surface area contributed by atoms with Gasteiger partial charge < -0.3 is 5.32 Å². The number of hydrogen-bond acceptors (Lipinski definition) is 1. The fraction of sp³-hybridized carbons (Fsp3) is 0.562. The Morgan fingerprint density at radius 2 is 2.00 bits per heavy atom. The third kappa shape index (κ3) is 6.11. The van der Waals surface area contributed by atoms with Gasteiger partial charge in [-0.15, -0.1) is 11.6 Å². The van der Waals surface area contributed by atoms with Crippen LogP contribution in [0.4, 0.5) is 0 Å². The van der Waals surface area contributed by atoms with Crippen molar-refractivity contribution in [3.63, 3.8) is 0 Å². The number of hydrogen-bond donors (Lipinski definition) is 1. The quantitative estimate of drug-likeness (QED) is 0.739. The lowest BCUT2D eigenvalue weighted by molar-refractivity contribution is 0.0937. The molecule has 0 heterocycles. The molecule has 3 heteroatoms. The van der Waals surface area contributed by atoms with E-state index in [1.165, 1.54) is 6.42 Å². The smallest absolute Gasteiger partial charge is 0.251 e. The van der Waals surface area contributed by atoms with Gasteiger partial charge in [0.1, 0.15) is 0 Å². The summed E-state index contributed by atoms with van der Waals surface area (Å²) in [5.41, 5.74) is 1.66. The number of amides is 1. The Hall–Kier alpha value is -1.02. The second-order valence-corrected chi connectivity index (χ2v) is 5.80. The van der Waals surface area contributed by atoms with Crippen LogP contribution >= 0.6 is 11.6 Å². The SMILES string of the molecule is CC(C)CCCC(C)NC(=O)c1cccc(CCl)c1. The van der Waals surface area contributed by atoms with Crippen LogP contribution in [0.25, 0.3) is 0 Å². The van der Waals surface area contributed by atoms with Gasteiger partial charge in [0.05, 0.1) is 0 Å². The van der Waals surface area contributed by atoms with Crippen LogP contribution in [-0.2, 0) is 5.88 Å². The summed E-state index contributed by atoms with van der Waals surface area (Å²) in [4.78, 5) is 12.1. The molecule has 1 atom stereocenters. The maximum atomic E-state index is 12.1. The highest BCUT2D eigenvalue weighted by molar-refractivity contribution is 6.17. The van der Waals surface area contributed by atoms with Gasteiger partial charge in [-0.05, 0) is 37.0 Å². The molecule has 0 aliphatic heterocycles. The first kappa shape index (κ1) is 16.0. The highest BCUT2D eigenvalue weighted by atomic mass is 35.5. The number of rotatable bonds is 7. The molecule has 0 fully saturated rings. The molecule has 1 N–H and O–H groups in total. The number of alkyl halides is 1. The molecule has 106 valence electrons. The second kappa shape index (κ2) is 8.21. The monoisotopic (exact) mass is 281 g/mol. The summed E-state index contributed by atoms with van der Waals surface area (Å²) in [5.74, 6) is 1.15. The normalized spacial score (nSPS) is 12.5. The van der Waals surface area contributed by atoms with Gasteiger partial charge in [-0.3, -0.25) is 4.79 Å². The second-order valence-electron chi connectivity index (χ2n) is 5.53. The molecule has 1 rings (SSSR count). The number of nitrogens with one attached hydrogen (secondary N) is 1. The average molecular weight is 282 g/mol. The van der Waals surface area contributed by atoms with Gasteiger partial charge in [0.2, 0.25) is 0 Å². The molecule has 1 aromatic rings. The van der Waals surface area contributed by atoms with Crippen molar-refractivity contribution in [3.8, 4) is 0 Å². The minimum atomic E-state index is -0.0102. The summed E-state index contributed by atoms with van der Waals surface area (Å²) in [7, 11) is 0. The van der Waals surface area contributed by atoms with Crippen LogP contribution in [0.2, 0.25) is 0 Å². The third-order valence-electron chi connectivity index (χ3n) is 3.14. The molecule has 0 aliphatic carbocycles. The highest BCUT2D eigenvalue weighted by Gasteiger charge is 2.10. The Morgan fingerprint density at radius 1 is 1.26 bits per heavy atom. The van der Waals surface area contributed by atoms with Gasteiger partial charge in [0, 0.05) is 17.5 Å². The predicted octanol–water partition coefficient (Wildman–Crippen LogP) is 4.37. The van der Waals surface area contributed by atoms with Gasteiger partial charge >= 0.3 is 0 Å². The minimum absolute atomic E-state index is 0.0102. The van der Waals surface area contributed by atoms with E-state index in [0.29, 0.717) is 11.4 Å². The summed E-state index contributed by atoms with van der Waals surface area (Å²) in [6, 6.07) is 7.69. The lowest BCUT2D eigenvalue weighted by Gasteiger charge is -2.14. The van der Waals surface area contributed by atoms with E-state index in [4.69, 9.17) is 11.6 Å². The largest absolute Gasteiger partial charge is 0.350 e. The molecule has 2 nitrogen and oxygen atoms in total. The van der Waals surface area contributed by atoms with E-state index < -0.39 is 0 Å². The van der Waals surface area contributed by atoms with E-state index in [1.54, 1.807) is 0 Å². The lowest BCUT2D eigenvalue weighted by atomic mass is 10.0. The zero-order chi connectivity index (χ0) is 14.3. The zero-order valence-electron chi connectivity index (χ0n) is 12.1. The van der Waals surface area contributed by atoms with Gasteiger partial charge in [-0.25, -0.2) is 0 Å². The maximum absolute atomic E-state index is 12.1. The lowest BCUT2D eigenvalue weighted by Crippen LogP contribution is -2.32. The van der Waals surface area contributed by atoms with Gasteiger partial charge in [0.25, 0.3) is 5.91 Å². The Labute approximate surface area is 121 Å². The Morgan fingerprint density at radius 3 is 2.63 bits per heavy atom. The molecule has 0 aliphatic rings. The molecule has 1 aromatic carbocycles. The molecular weight excluding hydrogens is 258 g/mol. The van der Waals surface area contributed by atoms with Gasteiger partial charge in [-0.2, -0.15) is 0 Å². The average Bonchev–Trinajstić information content (AvgIpc) is 2.38. The van der Waals surface area contributed by atoms with Crippen molar-refractivity contribution in [1.29, 1.82) is 0 Å². The summed E-state index contributed by atoms with van der Waals surface area (Å²) in [6.45, 7) is 6.51. The van der Waals surface area contributed by atoms with Crippen LogP contribution in [0.15, 0.2) is 24.3 Å². The fourth-order valence-corrected chi connectivity index (χ4v) is 2.17. The van der Waals surface area contributed by atoms with Crippen LogP contribution in [-0.4, -0.2) is 11.9 Å². The van der Waals surface area contributed by atoms with Crippen molar-refractivity contribution in [2.75, 3.05) is 0 Å². The van der Waals surface area contributed by atoms with Crippen molar-refractivity contribution < 1.29 is 4.79 Å². The van der Waals surface area contributed by atoms with Crippen LogP contribution in [0.1, 0.15) is 56.0 Å². The van der Waals surface area contributed by atoms with Crippen LogP contribution in [0.5, 0.6) is 0 Å². The van der Waals surface area contributed by atoms with Crippen molar-refractivity contribution in [3.05, 3.63) is 35.4 Å². The van der Waals surface area contributed by atoms with Gasteiger partial charge in [-0.1, -0.05) is 38.8 Å².